The van der Waals surface area contributed by atoms with Crippen molar-refractivity contribution in [2.24, 2.45) is 5.29 Å². The van der Waals surface area contributed by atoms with Gasteiger partial charge in [-0.25, -0.2) is 19.4 Å². The molecule has 2 rings (SSSR count). The summed E-state index contributed by atoms with van der Waals surface area (Å²) in [4.78, 5) is 50.2. The van der Waals surface area contributed by atoms with Crippen LogP contribution in [0, 0.1) is 4.91 Å². The van der Waals surface area contributed by atoms with Gasteiger partial charge in [-0.3, -0.25) is 0 Å². The Morgan fingerprint density at radius 3 is 1.94 bits per heavy atom. The zero-order chi connectivity index (χ0) is 26.3. The lowest BCUT2D eigenvalue weighted by atomic mass is 9.78. The molecule has 0 unspecified atom stereocenters. The first-order chi connectivity index (χ1) is 16.5. The summed E-state index contributed by atoms with van der Waals surface area (Å²) in [5, 5.41) is 4.01. The lowest BCUT2D eigenvalue weighted by molar-refractivity contribution is -0.148. The number of nitroso groups, excluding NO2 is 1. The molecule has 0 fully saturated rings. The van der Waals surface area contributed by atoms with E-state index in [1.54, 1.807) is 78.8 Å². The Bertz CT molecular complexity index is 1050. The van der Waals surface area contributed by atoms with Crippen LogP contribution in [0.2, 0.25) is 0 Å². The van der Waals surface area contributed by atoms with Crippen LogP contribution < -0.4 is 0 Å². The van der Waals surface area contributed by atoms with Gasteiger partial charge in [0.2, 0.25) is 0 Å². The van der Waals surface area contributed by atoms with Gasteiger partial charge in [0, 0.05) is 6.08 Å². The van der Waals surface area contributed by atoms with E-state index in [-0.39, 0.29) is 35.8 Å². The van der Waals surface area contributed by atoms with Crippen LogP contribution in [0.25, 0.3) is 6.08 Å². The molecule has 188 valence electrons. The average Bonchev–Trinajstić information content (AvgIpc) is 2.77. The van der Waals surface area contributed by atoms with E-state index in [4.69, 9.17) is 14.2 Å². The quantitative estimate of drug-likeness (QED) is 0.224. The van der Waals surface area contributed by atoms with Crippen LogP contribution in [-0.4, -0.2) is 41.7 Å². The number of benzene rings is 1. The number of nitrogens with zero attached hydrogens (tertiary/aromatic N) is 2. The molecule has 0 aromatic heterocycles. The summed E-state index contributed by atoms with van der Waals surface area (Å²) in [5.74, 6) is -2.85. The molecule has 1 aromatic carbocycles. The first-order valence-electron chi connectivity index (χ1n) is 11.4. The predicted octanol–water partition coefficient (Wildman–Crippen LogP) is 4.80. The molecule has 0 spiro atoms. The lowest BCUT2D eigenvalue weighted by Gasteiger charge is -2.34. The second-order valence-corrected chi connectivity index (χ2v) is 8.76. The van der Waals surface area contributed by atoms with Crippen LogP contribution in [0.5, 0.6) is 0 Å². The molecule has 9 heteroatoms. The number of ether oxygens (including phenoxy) is 3. The molecule has 0 N–H and O–H groups in total. The monoisotopic (exact) mass is 484 g/mol. The van der Waals surface area contributed by atoms with Crippen molar-refractivity contribution in [2.45, 2.75) is 60.0 Å². The Kier molecular flexibility index (Phi) is 9.11. The van der Waals surface area contributed by atoms with Crippen molar-refractivity contribution in [3.05, 3.63) is 68.9 Å². The van der Waals surface area contributed by atoms with Crippen molar-refractivity contribution >= 4 is 24.0 Å². The van der Waals surface area contributed by atoms with Crippen molar-refractivity contribution in [1.82, 2.24) is 5.01 Å². The Balaban J connectivity index is 2.76. The van der Waals surface area contributed by atoms with E-state index >= 15 is 0 Å². The van der Waals surface area contributed by atoms with E-state index in [0.717, 1.165) is 5.01 Å². The third-order valence-corrected chi connectivity index (χ3v) is 5.18. The molecule has 1 aliphatic heterocycles. The summed E-state index contributed by atoms with van der Waals surface area (Å²) < 4.78 is 15.9. The Hall–Kier alpha value is -3.75. The van der Waals surface area contributed by atoms with Crippen molar-refractivity contribution in [1.29, 1.82) is 0 Å². The number of rotatable bonds is 8. The van der Waals surface area contributed by atoms with Gasteiger partial charge in [0.25, 0.3) is 0 Å². The van der Waals surface area contributed by atoms with Gasteiger partial charge in [-0.2, -0.15) is 0 Å². The maximum Gasteiger partial charge on any atom is 0.336 e. The van der Waals surface area contributed by atoms with Gasteiger partial charge >= 0.3 is 17.9 Å². The van der Waals surface area contributed by atoms with Crippen LogP contribution in [0.4, 0.5) is 0 Å². The Morgan fingerprint density at radius 2 is 1.49 bits per heavy atom. The summed E-state index contributed by atoms with van der Waals surface area (Å²) >= 11 is 0. The van der Waals surface area contributed by atoms with E-state index in [0.29, 0.717) is 11.1 Å². The number of hydrogen-bond donors (Lipinski definition) is 0. The van der Waals surface area contributed by atoms with Crippen molar-refractivity contribution < 1.29 is 28.6 Å². The van der Waals surface area contributed by atoms with Crippen LogP contribution >= 0.6 is 0 Å². The maximum atomic E-state index is 13.1. The molecule has 0 saturated heterocycles. The highest BCUT2D eigenvalue weighted by atomic mass is 16.6. The normalized spacial score (nSPS) is 14.9. The summed E-state index contributed by atoms with van der Waals surface area (Å²) in [6.45, 7) is 11.9. The minimum absolute atomic E-state index is 0.0817. The van der Waals surface area contributed by atoms with Crippen LogP contribution in [-0.2, 0) is 28.6 Å². The second-order valence-electron chi connectivity index (χ2n) is 8.76. The number of carbonyl (C=O) groups excluding carboxylic acids is 3. The minimum Gasteiger partial charge on any atom is -0.463 e. The van der Waals surface area contributed by atoms with Gasteiger partial charge in [0.1, 0.15) is 5.60 Å². The molecule has 1 heterocycles. The summed E-state index contributed by atoms with van der Waals surface area (Å²) in [7, 11) is 0. The highest BCUT2D eigenvalue weighted by Gasteiger charge is 2.41. The predicted molar refractivity (Wildman–Crippen MR) is 130 cm³/mol. The fourth-order valence-corrected chi connectivity index (χ4v) is 3.84. The zero-order valence-corrected chi connectivity index (χ0v) is 21.2. The topological polar surface area (TPSA) is 112 Å². The van der Waals surface area contributed by atoms with Crippen molar-refractivity contribution in [3.63, 3.8) is 0 Å². The van der Waals surface area contributed by atoms with Crippen molar-refractivity contribution in [3.8, 4) is 0 Å². The molecule has 0 amide bonds. The van der Waals surface area contributed by atoms with Crippen LogP contribution in [0.1, 0.15) is 65.5 Å². The van der Waals surface area contributed by atoms with Gasteiger partial charge in [0.05, 0.1) is 47.0 Å². The standard InChI is InChI=1S/C26H32N2O7/c1-8-33-24(30)21-16(3)28(27-32)17(4)22(25(31)34-9-2)23(21)19-13-11-10-12-18(19)14-15-20(29)35-26(5,6)7/h10-15,23H,8-9H2,1-7H3/b15-14+. The number of carbonyl (C=O) groups is 3. The lowest BCUT2D eigenvalue weighted by Crippen LogP contribution is -2.33. The van der Waals surface area contributed by atoms with Crippen LogP contribution in [0.15, 0.2) is 58.2 Å². The molecule has 0 radical (unpaired) electrons. The first-order valence-corrected chi connectivity index (χ1v) is 11.4. The first kappa shape index (κ1) is 27.5. The fraction of sp³-hybridized carbons (Fsp3) is 0.423. The smallest absolute Gasteiger partial charge is 0.336 e. The molecule has 35 heavy (non-hydrogen) atoms. The molecule has 1 aliphatic rings. The molecular formula is C26H32N2O7. The van der Waals surface area contributed by atoms with Gasteiger partial charge in [-0.05, 0) is 65.7 Å². The highest BCUT2D eigenvalue weighted by Crippen LogP contribution is 2.44. The molecule has 0 saturated carbocycles. The minimum atomic E-state index is -0.925. The Morgan fingerprint density at radius 1 is 0.971 bits per heavy atom. The van der Waals surface area contributed by atoms with E-state index in [9.17, 15) is 19.3 Å². The SMILES string of the molecule is CCOC(=O)C1=C(C)N(N=O)C(C)=C(C(=O)OCC)C1c1ccccc1/C=C/C(=O)OC(C)(C)C. The van der Waals surface area contributed by atoms with E-state index < -0.39 is 29.4 Å². The number of esters is 3. The highest BCUT2D eigenvalue weighted by molar-refractivity contribution is 6.00. The van der Waals surface area contributed by atoms with Crippen molar-refractivity contribution in [2.75, 3.05) is 13.2 Å². The fourth-order valence-electron chi connectivity index (χ4n) is 3.84. The summed E-state index contributed by atoms with van der Waals surface area (Å²) in [6, 6.07) is 7.00. The molecule has 9 nitrogen and oxygen atoms in total. The summed E-state index contributed by atoms with van der Waals surface area (Å²) in [6.07, 6.45) is 2.84. The largest absolute Gasteiger partial charge is 0.463 e. The van der Waals surface area contributed by atoms with E-state index in [1.807, 2.05) is 0 Å². The molecule has 0 atom stereocenters. The number of allylic oxidation sites excluding steroid dienone is 2. The van der Waals surface area contributed by atoms with Gasteiger partial charge in [0.15, 0.2) is 0 Å². The molecule has 0 aliphatic carbocycles. The van der Waals surface area contributed by atoms with E-state index in [2.05, 4.69) is 5.29 Å². The van der Waals surface area contributed by atoms with Crippen LogP contribution in [0.3, 0.4) is 0 Å². The third-order valence-electron chi connectivity index (χ3n) is 5.18. The van der Waals surface area contributed by atoms with Gasteiger partial charge in [-0.1, -0.05) is 24.3 Å². The third kappa shape index (κ3) is 6.44. The zero-order valence-electron chi connectivity index (χ0n) is 21.2. The number of hydrogen-bond acceptors (Lipinski definition) is 8. The Labute approximate surface area is 205 Å². The molecule has 1 aromatic rings. The second kappa shape index (κ2) is 11.6. The van der Waals surface area contributed by atoms with E-state index in [1.165, 1.54) is 6.08 Å². The maximum absolute atomic E-state index is 13.1. The average molecular weight is 485 g/mol. The molecular weight excluding hydrogens is 452 g/mol. The molecule has 0 bridgehead atoms. The van der Waals surface area contributed by atoms with Gasteiger partial charge in [-0.15, -0.1) is 4.91 Å². The van der Waals surface area contributed by atoms with Gasteiger partial charge < -0.3 is 14.2 Å². The summed E-state index contributed by atoms with van der Waals surface area (Å²) in [5.41, 5.74) is 1.09.